The summed E-state index contributed by atoms with van der Waals surface area (Å²) in [4.78, 5) is 4.30. The molecule has 7 rings (SSSR count). The van der Waals surface area contributed by atoms with Gasteiger partial charge < -0.3 is 4.40 Å². The molecule has 170 valence electrons. The van der Waals surface area contributed by atoms with Gasteiger partial charge in [0, 0.05) is 21.9 Å². The molecule has 0 saturated carbocycles. The van der Waals surface area contributed by atoms with Gasteiger partial charge in [-0.25, -0.2) is 4.57 Å². The topological polar surface area (TPSA) is 21.2 Å². The second-order valence-electron chi connectivity index (χ2n) is 9.09. The highest BCUT2D eigenvalue weighted by Crippen LogP contribution is 2.45. The number of nitrogens with zero attached hydrogens (tertiary/aromatic N) is 3. The Morgan fingerprint density at radius 2 is 1.49 bits per heavy atom. The average Bonchev–Trinajstić information content (AvgIpc) is 3.33. The Labute approximate surface area is 198 Å². The summed E-state index contributed by atoms with van der Waals surface area (Å²) in [5.41, 5.74) is 4.10. The number of aromatic nitrogens is 3. The summed E-state index contributed by atoms with van der Waals surface area (Å²) in [6.45, 7) is 2.04. The van der Waals surface area contributed by atoms with E-state index in [1.165, 1.54) is 12.4 Å². The Hall–Kier alpha value is -4.19. The number of para-hydroxylation sites is 2. The minimum atomic E-state index is -4.54. The maximum absolute atomic E-state index is 14.4. The van der Waals surface area contributed by atoms with Crippen LogP contribution in [0.1, 0.15) is 11.3 Å². The van der Waals surface area contributed by atoms with Crippen molar-refractivity contribution in [3.8, 4) is 11.3 Å². The number of fused-ring (bicyclic) bond motifs is 5. The summed E-state index contributed by atoms with van der Waals surface area (Å²) in [6.07, 6.45) is -3.04. The van der Waals surface area contributed by atoms with Gasteiger partial charge in [0.25, 0.3) is 6.33 Å². The largest absolute Gasteiger partial charge is 0.421 e. The molecule has 3 aromatic heterocycles. The number of hydrogen-bond acceptors (Lipinski definition) is 1. The predicted octanol–water partition coefficient (Wildman–Crippen LogP) is 7.20. The molecular weight excluding hydrogens is 447 g/mol. The lowest BCUT2D eigenvalue weighted by Gasteiger charge is -2.14. The Balaban J connectivity index is 1.71. The molecule has 0 aliphatic carbocycles. The van der Waals surface area contributed by atoms with E-state index >= 15 is 0 Å². The second-order valence-corrected chi connectivity index (χ2v) is 9.09. The minimum absolute atomic E-state index is 0.0294. The maximum Gasteiger partial charge on any atom is 0.421 e. The van der Waals surface area contributed by atoms with E-state index in [4.69, 9.17) is 0 Å². The van der Waals surface area contributed by atoms with Gasteiger partial charge in [0.15, 0.2) is 5.52 Å². The molecule has 0 spiro atoms. The zero-order chi connectivity index (χ0) is 24.1. The molecule has 0 unspecified atom stereocenters. The van der Waals surface area contributed by atoms with Gasteiger partial charge >= 0.3 is 6.18 Å². The minimum Gasteiger partial charge on any atom is -0.312 e. The van der Waals surface area contributed by atoms with Crippen LogP contribution in [0.3, 0.4) is 0 Å². The highest BCUT2D eigenvalue weighted by atomic mass is 19.4. The summed E-state index contributed by atoms with van der Waals surface area (Å²) >= 11 is 0. The number of alkyl halides is 3. The van der Waals surface area contributed by atoms with Gasteiger partial charge in [-0.2, -0.15) is 13.2 Å². The van der Waals surface area contributed by atoms with E-state index < -0.39 is 11.7 Å². The number of aryl methyl sites for hydroxylation is 2. The average molecular weight is 466 g/mol. The first-order valence-electron chi connectivity index (χ1n) is 11.4. The standard InChI is InChI=1S/C29H19F3N3/c1-16-24(21-12-7-11-20-19-10-5-6-13-23(19)35(16)27(20)21)28-22-14-17-8-3-4-9-18(17)25(29(30,31)32)26(22)33-15-34(28)2/h3-15H,1-2H3/q+1. The lowest BCUT2D eigenvalue weighted by Crippen LogP contribution is -2.32. The van der Waals surface area contributed by atoms with Crippen LogP contribution in [0.2, 0.25) is 0 Å². The van der Waals surface area contributed by atoms with Crippen molar-refractivity contribution in [3.05, 3.63) is 90.4 Å². The molecule has 4 aromatic carbocycles. The van der Waals surface area contributed by atoms with Crippen LogP contribution in [0.25, 0.3) is 60.1 Å². The quantitative estimate of drug-likeness (QED) is 0.185. The van der Waals surface area contributed by atoms with Gasteiger partial charge in [0.1, 0.15) is 11.3 Å². The predicted molar refractivity (Wildman–Crippen MR) is 133 cm³/mol. The number of benzene rings is 4. The molecule has 3 heterocycles. The molecule has 6 heteroatoms. The summed E-state index contributed by atoms with van der Waals surface area (Å²) in [5.74, 6) is 0. The number of hydrogen-bond donors (Lipinski definition) is 0. The van der Waals surface area contributed by atoms with Crippen LogP contribution in [-0.4, -0.2) is 9.38 Å². The molecule has 0 aliphatic rings. The van der Waals surface area contributed by atoms with Crippen molar-refractivity contribution in [1.82, 2.24) is 9.38 Å². The Morgan fingerprint density at radius 1 is 0.800 bits per heavy atom. The third-order valence-corrected chi connectivity index (χ3v) is 7.17. The van der Waals surface area contributed by atoms with Crippen molar-refractivity contribution in [2.24, 2.45) is 7.05 Å². The first-order chi connectivity index (χ1) is 16.9. The molecule has 0 atom stereocenters. The van der Waals surface area contributed by atoms with Crippen LogP contribution < -0.4 is 4.57 Å². The molecular formula is C29H19F3N3+. The summed E-state index contributed by atoms with van der Waals surface area (Å²) in [6, 6.07) is 22.9. The van der Waals surface area contributed by atoms with Crippen molar-refractivity contribution in [2.45, 2.75) is 13.1 Å². The Bertz CT molecular complexity index is 1960. The van der Waals surface area contributed by atoms with Gasteiger partial charge in [-0.1, -0.05) is 60.7 Å². The zero-order valence-corrected chi connectivity index (χ0v) is 19.0. The first kappa shape index (κ1) is 20.2. The van der Waals surface area contributed by atoms with Gasteiger partial charge in [-0.15, -0.1) is 0 Å². The third-order valence-electron chi connectivity index (χ3n) is 7.17. The van der Waals surface area contributed by atoms with Crippen molar-refractivity contribution in [3.63, 3.8) is 0 Å². The fourth-order valence-electron chi connectivity index (χ4n) is 5.82. The molecule has 35 heavy (non-hydrogen) atoms. The van der Waals surface area contributed by atoms with Gasteiger partial charge in [0.05, 0.1) is 29.0 Å². The normalized spacial score (nSPS) is 12.7. The van der Waals surface area contributed by atoms with Crippen molar-refractivity contribution in [2.75, 3.05) is 0 Å². The lowest BCUT2D eigenvalue weighted by molar-refractivity contribution is -0.662. The van der Waals surface area contributed by atoms with Crippen molar-refractivity contribution < 1.29 is 17.7 Å². The SMILES string of the molecule is Cc1c(-c2c3cc4ccccc4c(C(F)(F)F)c3nc[n+]2C)c2cccc3c4ccccc4n1c23. The fourth-order valence-corrected chi connectivity index (χ4v) is 5.82. The van der Waals surface area contributed by atoms with E-state index in [1.54, 1.807) is 18.2 Å². The monoisotopic (exact) mass is 466 g/mol. The van der Waals surface area contributed by atoms with E-state index in [1.807, 2.05) is 42.8 Å². The van der Waals surface area contributed by atoms with Crippen LogP contribution in [-0.2, 0) is 13.2 Å². The Morgan fingerprint density at radius 3 is 2.29 bits per heavy atom. The van der Waals surface area contributed by atoms with E-state index in [0.29, 0.717) is 10.8 Å². The van der Waals surface area contributed by atoms with Crippen LogP contribution in [0, 0.1) is 6.92 Å². The molecule has 0 radical (unpaired) electrons. The first-order valence-corrected chi connectivity index (χ1v) is 11.4. The summed E-state index contributed by atoms with van der Waals surface area (Å²) in [7, 11) is 1.84. The number of halogens is 3. The van der Waals surface area contributed by atoms with E-state index in [9.17, 15) is 13.2 Å². The van der Waals surface area contributed by atoms with Crippen LogP contribution in [0.15, 0.2) is 79.1 Å². The lowest BCUT2D eigenvalue weighted by atomic mass is 9.95. The maximum atomic E-state index is 14.4. The van der Waals surface area contributed by atoms with E-state index in [0.717, 1.165) is 44.1 Å². The zero-order valence-electron chi connectivity index (χ0n) is 19.0. The van der Waals surface area contributed by atoms with E-state index in [2.05, 4.69) is 33.7 Å². The number of rotatable bonds is 1. The molecule has 0 bridgehead atoms. The molecule has 0 aliphatic heterocycles. The highest BCUT2D eigenvalue weighted by molar-refractivity contribution is 6.19. The van der Waals surface area contributed by atoms with Gasteiger partial charge in [-0.05, 0) is 34.8 Å². The van der Waals surface area contributed by atoms with Gasteiger partial charge in [0.2, 0.25) is 0 Å². The Kier molecular flexibility index (Phi) is 3.86. The van der Waals surface area contributed by atoms with Crippen LogP contribution in [0.5, 0.6) is 0 Å². The molecule has 3 nitrogen and oxygen atoms in total. The molecule has 0 saturated heterocycles. The van der Waals surface area contributed by atoms with Crippen molar-refractivity contribution in [1.29, 1.82) is 0 Å². The molecule has 7 aromatic rings. The van der Waals surface area contributed by atoms with Crippen LogP contribution >= 0.6 is 0 Å². The molecule has 0 amide bonds. The highest BCUT2D eigenvalue weighted by Gasteiger charge is 2.39. The van der Waals surface area contributed by atoms with Crippen molar-refractivity contribution >= 4 is 48.9 Å². The summed E-state index contributed by atoms with van der Waals surface area (Å²) < 4.78 is 47.3. The van der Waals surface area contributed by atoms with Gasteiger partial charge in [-0.3, -0.25) is 0 Å². The fraction of sp³-hybridized carbons (Fsp3) is 0.103. The molecule has 0 N–H and O–H groups in total. The third kappa shape index (κ3) is 2.56. The smallest absolute Gasteiger partial charge is 0.312 e. The van der Waals surface area contributed by atoms with Crippen LogP contribution in [0.4, 0.5) is 13.2 Å². The van der Waals surface area contributed by atoms with E-state index in [-0.39, 0.29) is 10.9 Å². The molecule has 0 fully saturated rings. The summed E-state index contributed by atoms with van der Waals surface area (Å²) in [5, 5.41) is 4.51. The second kappa shape index (κ2) is 6.69.